The molecule has 2 amide bonds. The molecule has 4 aromatic carbocycles. The second-order valence-corrected chi connectivity index (χ2v) is 11.9. The van der Waals surface area contributed by atoms with Gasteiger partial charge in [-0.2, -0.15) is 0 Å². The Kier molecular flexibility index (Phi) is 8.09. The molecule has 0 saturated carbocycles. The number of para-hydroxylation sites is 1. The molecule has 47 heavy (non-hydrogen) atoms. The zero-order chi connectivity index (χ0) is 32.5. The van der Waals surface area contributed by atoms with Gasteiger partial charge in [0.05, 0.1) is 24.6 Å². The van der Waals surface area contributed by atoms with Gasteiger partial charge in [0, 0.05) is 12.2 Å². The number of morpholine rings is 1. The lowest BCUT2D eigenvalue weighted by molar-refractivity contribution is -0.178. The maximum absolute atomic E-state index is 14.8. The van der Waals surface area contributed by atoms with Gasteiger partial charge in [-0.3, -0.25) is 19.3 Å². The van der Waals surface area contributed by atoms with E-state index in [9.17, 15) is 19.5 Å². The van der Waals surface area contributed by atoms with Crippen LogP contribution in [0.2, 0.25) is 0 Å². The molecule has 3 N–H and O–H groups in total. The molecular formula is C38H35N3O6. The van der Waals surface area contributed by atoms with E-state index in [1.807, 2.05) is 108 Å². The quantitative estimate of drug-likeness (QED) is 0.183. The molecule has 3 heterocycles. The summed E-state index contributed by atoms with van der Waals surface area (Å²) in [5.41, 5.74) is 2.00. The van der Waals surface area contributed by atoms with Crippen LogP contribution in [0.1, 0.15) is 40.4 Å². The van der Waals surface area contributed by atoms with Gasteiger partial charge < -0.3 is 25.2 Å². The number of nitrogens with one attached hydrogen (secondary N) is 2. The van der Waals surface area contributed by atoms with E-state index in [1.54, 1.807) is 12.1 Å². The van der Waals surface area contributed by atoms with Crippen molar-refractivity contribution in [2.75, 3.05) is 25.1 Å². The number of anilines is 1. The Labute approximate surface area is 272 Å². The van der Waals surface area contributed by atoms with Crippen molar-refractivity contribution < 1.29 is 29.0 Å². The topological polar surface area (TPSA) is 117 Å². The molecule has 4 aromatic rings. The molecule has 6 atom stereocenters. The molecule has 0 aliphatic carbocycles. The lowest BCUT2D eigenvalue weighted by atomic mass is 9.65. The van der Waals surface area contributed by atoms with Gasteiger partial charge in [-0.05, 0) is 40.5 Å². The summed E-state index contributed by atoms with van der Waals surface area (Å²) in [6.45, 7) is 3.82. The average Bonchev–Trinajstić information content (AvgIpc) is 3.59. The van der Waals surface area contributed by atoms with Crippen molar-refractivity contribution in [3.05, 3.63) is 144 Å². The van der Waals surface area contributed by atoms with E-state index in [-0.39, 0.29) is 25.7 Å². The van der Waals surface area contributed by atoms with Gasteiger partial charge in [0.25, 0.3) is 0 Å². The summed E-state index contributed by atoms with van der Waals surface area (Å²) >= 11 is 0. The van der Waals surface area contributed by atoms with Crippen LogP contribution in [0.5, 0.6) is 5.75 Å². The number of rotatable bonds is 9. The van der Waals surface area contributed by atoms with Crippen LogP contribution in [0.3, 0.4) is 0 Å². The minimum atomic E-state index is -1.54. The Bertz CT molecular complexity index is 1810. The zero-order valence-electron chi connectivity index (χ0n) is 25.6. The van der Waals surface area contributed by atoms with Crippen LogP contribution in [-0.4, -0.2) is 53.6 Å². The molecule has 9 heteroatoms. The maximum Gasteiger partial charge on any atom is 0.324 e. The smallest absolute Gasteiger partial charge is 0.324 e. The standard InChI is InChI=1S/C38H35N3O6/c1-2-20-39-35(43)30-32-36(44)47-33(25-14-7-4-8-15-25)31(24-12-5-3-6-13-24)41(32)34(26-16-11-17-27(23-26)46-22-21-42)38(30)28-18-9-10-19-29(28)40-37(38)45/h2-19,23,30-34,42H,1,20-22H2,(H,39,43)(H,40,45). The number of aliphatic hydroxyl groups excluding tert-OH is 1. The number of amides is 2. The molecule has 7 rings (SSSR count). The summed E-state index contributed by atoms with van der Waals surface area (Å²) in [6, 6.07) is 31.4. The van der Waals surface area contributed by atoms with Crippen molar-refractivity contribution in [2.45, 2.75) is 29.6 Å². The van der Waals surface area contributed by atoms with Crippen LogP contribution in [0, 0.1) is 5.92 Å². The minimum Gasteiger partial charge on any atom is -0.491 e. The minimum absolute atomic E-state index is 0.0799. The molecule has 0 aromatic heterocycles. The first-order valence-corrected chi connectivity index (χ1v) is 15.7. The Balaban J connectivity index is 1.54. The van der Waals surface area contributed by atoms with E-state index in [2.05, 4.69) is 17.2 Å². The highest BCUT2D eigenvalue weighted by Gasteiger charge is 2.73. The second kappa shape index (κ2) is 12.5. The first kappa shape index (κ1) is 30.4. The van der Waals surface area contributed by atoms with Crippen molar-refractivity contribution in [1.82, 2.24) is 10.2 Å². The fraction of sp³-hybridized carbons (Fsp3) is 0.237. The van der Waals surface area contributed by atoms with Gasteiger partial charge in [0.1, 0.15) is 29.9 Å². The number of esters is 1. The van der Waals surface area contributed by atoms with Gasteiger partial charge in [-0.25, -0.2) is 0 Å². The molecule has 1 spiro atoms. The summed E-state index contributed by atoms with van der Waals surface area (Å²) in [5, 5.41) is 15.5. The van der Waals surface area contributed by atoms with E-state index in [0.717, 1.165) is 11.1 Å². The van der Waals surface area contributed by atoms with Crippen LogP contribution >= 0.6 is 0 Å². The summed E-state index contributed by atoms with van der Waals surface area (Å²) in [5.74, 6) is -2.10. The highest BCUT2D eigenvalue weighted by Crippen LogP contribution is 2.64. The summed E-state index contributed by atoms with van der Waals surface area (Å²) < 4.78 is 12.2. The lowest BCUT2D eigenvalue weighted by Crippen LogP contribution is -2.54. The molecule has 0 bridgehead atoms. The van der Waals surface area contributed by atoms with E-state index in [4.69, 9.17) is 9.47 Å². The van der Waals surface area contributed by atoms with E-state index in [1.165, 1.54) is 0 Å². The normalized spacial score (nSPS) is 26.2. The Morgan fingerprint density at radius 2 is 1.60 bits per heavy atom. The van der Waals surface area contributed by atoms with Gasteiger partial charge in [-0.15, -0.1) is 6.58 Å². The van der Waals surface area contributed by atoms with Crippen LogP contribution in [0.4, 0.5) is 5.69 Å². The van der Waals surface area contributed by atoms with Crippen molar-refractivity contribution in [2.24, 2.45) is 5.92 Å². The number of nitrogens with zero attached hydrogens (tertiary/aromatic N) is 1. The number of carbonyl (C=O) groups excluding carboxylic acids is 3. The van der Waals surface area contributed by atoms with Gasteiger partial charge in [-0.1, -0.05) is 97.1 Å². The van der Waals surface area contributed by atoms with Crippen LogP contribution < -0.4 is 15.4 Å². The second-order valence-electron chi connectivity index (χ2n) is 11.9. The third-order valence-corrected chi connectivity index (χ3v) is 9.45. The number of benzene rings is 4. The molecule has 3 aliphatic rings. The third-order valence-electron chi connectivity index (χ3n) is 9.45. The number of fused-ring (bicyclic) bond motifs is 3. The van der Waals surface area contributed by atoms with Crippen LogP contribution in [-0.2, 0) is 24.5 Å². The number of hydrogen-bond donors (Lipinski definition) is 3. The van der Waals surface area contributed by atoms with Crippen LogP contribution in [0.25, 0.3) is 0 Å². The molecular weight excluding hydrogens is 594 g/mol. The van der Waals surface area contributed by atoms with Gasteiger partial charge >= 0.3 is 5.97 Å². The SMILES string of the molecule is C=CCNC(=O)C1C2C(=O)OC(c3ccccc3)C(c3ccccc3)N2C(c2cccc(OCCO)c2)C12C(=O)Nc1ccccc12. The largest absolute Gasteiger partial charge is 0.491 e. The monoisotopic (exact) mass is 629 g/mol. The van der Waals surface area contributed by atoms with Crippen LogP contribution in [0.15, 0.2) is 122 Å². The summed E-state index contributed by atoms with van der Waals surface area (Å²) in [6.07, 6.45) is 0.821. The average molecular weight is 630 g/mol. The number of carbonyl (C=O) groups is 3. The maximum atomic E-state index is 14.8. The van der Waals surface area contributed by atoms with E-state index in [0.29, 0.717) is 22.6 Å². The zero-order valence-corrected chi connectivity index (χ0v) is 25.6. The van der Waals surface area contributed by atoms with E-state index < -0.39 is 47.4 Å². The molecule has 9 nitrogen and oxygen atoms in total. The molecule has 2 fully saturated rings. The fourth-order valence-electron chi connectivity index (χ4n) is 7.77. The van der Waals surface area contributed by atoms with Gasteiger partial charge in [0.15, 0.2) is 0 Å². The summed E-state index contributed by atoms with van der Waals surface area (Å²) in [4.78, 5) is 45.8. The number of cyclic esters (lactones) is 1. The predicted octanol–water partition coefficient (Wildman–Crippen LogP) is 4.63. The molecule has 6 unspecified atom stereocenters. The molecule has 0 radical (unpaired) electrons. The predicted molar refractivity (Wildman–Crippen MR) is 175 cm³/mol. The molecule has 3 aliphatic heterocycles. The third kappa shape index (κ3) is 4.90. The van der Waals surface area contributed by atoms with Crippen molar-refractivity contribution in [3.8, 4) is 5.75 Å². The van der Waals surface area contributed by atoms with E-state index >= 15 is 0 Å². The van der Waals surface area contributed by atoms with Crippen molar-refractivity contribution >= 4 is 23.5 Å². The number of aliphatic hydroxyl groups is 1. The Morgan fingerprint density at radius 1 is 0.915 bits per heavy atom. The van der Waals surface area contributed by atoms with Crippen molar-refractivity contribution in [3.63, 3.8) is 0 Å². The van der Waals surface area contributed by atoms with Crippen molar-refractivity contribution in [1.29, 1.82) is 0 Å². The molecule has 238 valence electrons. The highest BCUT2D eigenvalue weighted by atomic mass is 16.6. The lowest BCUT2D eigenvalue weighted by Gasteiger charge is -2.46. The first-order valence-electron chi connectivity index (χ1n) is 15.7. The Morgan fingerprint density at radius 3 is 2.32 bits per heavy atom. The van der Waals surface area contributed by atoms with Gasteiger partial charge in [0.2, 0.25) is 11.8 Å². The highest BCUT2D eigenvalue weighted by molar-refractivity contribution is 6.12. The molecule has 2 saturated heterocycles. The number of hydrogen-bond acceptors (Lipinski definition) is 7. The number of ether oxygens (including phenoxy) is 2. The summed E-state index contributed by atoms with van der Waals surface area (Å²) in [7, 11) is 0. The first-order chi connectivity index (χ1) is 23.0. The fourth-order valence-corrected chi connectivity index (χ4v) is 7.77. The Hall–Kier alpha value is -5.25.